The highest BCUT2D eigenvalue weighted by atomic mass is 16.2. The highest BCUT2D eigenvalue weighted by molar-refractivity contribution is 5.74. The van der Waals surface area contributed by atoms with Gasteiger partial charge in [-0.1, -0.05) is 13.3 Å². The summed E-state index contributed by atoms with van der Waals surface area (Å²) < 4.78 is 0. The third kappa shape index (κ3) is 5.71. The van der Waals surface area contributed by atoms with E-state index in [-0.39, 0.29) is 11.6 Å². The van der Waals surface area contributed by atoms with Crippen molar-refractivity contribution in [3.63, 3.8) is 0 Å². The van der Waals surface area contributed by atoms with Crippen LogP contribution >= 0.6 is 0 Å². The first kappa shape index (κ1) is 15.3. The molecule has 1 fully saturated rings. The molecule has 4 heteroatoms. The number of carbonyl (C=O) groups is 1. The summed E-state index contributed by atoms with van der Waals surface area (Å²) in [6.45, 7) is 11.2. The van der Waals surface area contributed by atoms with Gasteiger partial charge < -0.3 is 15.5 Å². The van der Waals surface area contributed by atoms with Crippen LogP contribution in [0.1, 0.15) is 53.4 Å². The standard InChI is InChI=1S/C14H29N3O/c1-5-6-9-15-13(18)17-10-7-12(8-11-17)16-14(2,3)4/h12,16H,5-11H2,1-4H3,(H,15,18). The maximum absolute atomic E-state index is 11.9. The summed E-state index contributed by atoms with van der Waals surface area (Å²) >= 11 is 0. The van der Waals surface area contributed by atoms with Crippen LogP contribution in [0.5, 0.6) is 0 Å². The number of amides is 2. The van der Waals surface area contributed by atoms with E-state index in [1.54, 1.807) is 0 Å². The fraction of sp³-hybridized carbons (Fsp3) is 0.929. The maximum Gasteiger partial charge on any atom is 0.317 e. The molecule has 1 aliphatic rings. The molecule has 1 saturated heterocycles. The molecule has 0 aromatic carbocycles. The van der Waals surface area contributed by atoms with Crippen LogP contribution in [0.15, 0.2) is 0 Å². The number of nitrogens with zero attached hydrogens (tertiary/aromatic N) is 1. The van der Waals surface area contributed by atoms with Crippen molar-refractivity contribution in [1.29, 1.82) is 0 Å². The zero-order valence-electron chi connectivity index (χ0n) is 12.4. The molecule has 0 aliphatic carbocycles. The minimum absolute atomic E-state index is 0.109. The molecule has 2 amide bonds. The van der Waals surface area contributed by atoms with Crippen LogP contribution in [0, 0.1) is 0 Å². The number of hydrogen-bond donors (Lipinski definition) is 2. The first-order valence-electron chi connectivity index (χ1n) is 7.23. The van der Waals surface area contributed by atoms with Crippen molar-refractivity contribution in [2.75, 3.05) is 19.6 Å². The summed E-state index contributed by atoms with van der Waals surface area (Å²) in [7, 11) is 0. The predicted octanol–water partition coefficient (Wildman–Crippen LogP) is 2.35. The highest BCUT2D eigenvalue weighted by Crippen LogP contribution is 2.13. The van der Waals surface area contributed by atoms with Gasteiger partial charge in [0.2, 0.25) is 0 Å². The Hall–Kier alpha value is -0.770. The number of unbranched alkanes of at least 4 members (excludes halogenated alkanes) is 1. The first-order chi connectivity index (χ1) is 8.42. The summed E-state index contributed by atoms with van der Waals surface area (Å²) in [6, 6.07) is 0.655. The van der Waals surface area contributed by atoms with E-state index in [1.165, 1.54) is 0 Å². The molecular formula is C14H29N3O. The largest absolute Gasteiger partial charge is 0.338 e. The van der Waals surface area contributed by atoms with E-state index in [9.17, 15) is 4.79 Å². The quantitative estimate of drug-likeness (QED) is 0.757. The van der Waals surface area contributed by atoms with Gasteiger partial charge in [-0.2, -0.15) is 0 Å². The van der Waals surface area contributed by atoms with Crippen molar-refractivity contribution in [2.45, 2.75) is 65.0 Å². The van der Waals surface area contributed by atoms with E-state index in [1.807, 2.05) is 4.90 Å². The first-order valence-corrected chi connectivity index (χ1v) is 7.23. The number of likely N-dealkylation sites (tertiary alicyclic amines) is 1. The lowest BCUT2D eigenvalue weighted by Gasteiger charge is -2.36. The molecule has 0 atom stereocenters. The minimum Gasteiger partial charge on any atom is -0.338 e. The molecule has 0 radical (unpaired) electrons. The van der Waals surface area contributed by atoms with Gasteiger partial charge in [0.15, 0.2) is 0 Å². The van der Waals surface area contributed by atoms with Gasteiger partial charge in [-0.3, -0.25) is 0 Å². The van der Waals surface area contributed by atoms with E-state index in [2.05, 4.69) is 38.3 Å². The van der Waals surface area contributed by atoms with E-state index in [0.717, 1.165) is 45.3 Å². The van der Waals surface area contributed by atoms with Gasteiger partial charge in [0.05, 0.1) is 0 Å². The Labute approximate surface area is 111 Å². The van der Waals surface area contributed by atoms with Crippen molar-refractivity contribution in [3.8, 4) is 0 Å². The van der Waals surface area contributed by atoms with Crippen LogP contribution in [-0.2, 0) is 0 Å². The summed E-state index contributed by atoms with van der Waals surface area (Å²) in [5.41, 5.74) is 0.163. The normalized spacial score (nSPS) is 17.9. The number of urea groups is 1. The van der Waals surface area contributed by atoms with E-state index < -0.39 is 0 Å². The third-order valence-electron chi connectivity index (χ3n) is 3.23. The van der Waals surface area contributed by atoms with Gasteiger partial charge in [0.1, 0.15) is 0 Å². The van der Waals surface area contributed by atoms with Gasteiger partial charge in [0, 0.05) is 31.2 Å². The van der Waals surface area contributed by atoms with Crippen molar-refractivity contribution in [2.24, 2.45) is 0 Å². The van der Waals surface area contributed by atoms with Gasteiger partial charge in [-0.05, 0) is 40.0 Å². The third-order valence-corrected chi connectivity index (χ3v) is 3.23. The number of carbonyl (C=O) groups excluding carboxylic acids is 1. The SMILES string of the molecule is CCCCNC(=O)N1CCC(NC(C)(C)C)CC1. The molecule has 0 bridgehead atoms. The monoisotopic (exact) mass is 255 g/mol. The Balaban J connectivity index is 2.24. The molecule has 0 aromatic heterocycles. The van der Waals surface area contributed by atoms with Crippen LogP contribution in [-0.4, -0.2) is 42.1 Å². The molecule has 4 nitrogen and oxygen atoms in total. The van der Waals surface area contributed by atoms with Crippen LogP contribution in [0.2, 0.25) is 0 Å². The van der Waals surface area contributed by atoms with Gasteiger partial charge >= 0.3 is 6.03 Å². The van der Waals surface area contributed by atoms with E-state index in [0.29, 0.717) is 6.04 Å². The van der Waals surface area contributed by atoms with Crippen molar-refractivity contribution in [3.05, 3.63) is 0 Å². The zero-order valence-corrected chi connectivity index (χ0v) is 12.4. The highest BCUT2D eigenvalue weighted by Gasteiger charge is 2.24. The Kier molecular flexibility index (Phi) is 5.93. The molecule has 1 heterocycles. The van der Waals surface area contributed by atoms with Crippen molar-refractivity contribution >= 4 is 6.03 Å². The Morgan fingerprint density at radius 3 is 2.39 bits per heavy atom. The van der Waals surface area contributed by atoms with Gasteiger partial charge in [-0.15, -0.1) is 0 Å². The van der Waals surface area contributed by atoms with Gasteiger partial charge in [-0.25, -0.2) is 4.79 Å². The average molecular weight is 255 g/mol. The lowest BCUT2D eigenvalue weighted by molar-refractivity contribution is 0.170. The second-order valence-electron chi connectivity index (χ2n) is 6.24. The van der Waals surface area contributed by atoms with Gasteiger partial charge in [0.25, 0.3) is 0 Å². The molecule has 106 valence electrons. The number of piperidine rings is 1. The molecule has 2 N–H and O–H groups in total. The fourth-order valence-electron chi connectivity index (χ4n) is 2.32. The zero-order chi connectivity index (χ0) is 13.6. The molecule has 0 aromatic rings. The summed E-state index contributed by atoms with van der Waals surface area (Å²) in [5.74, 6) is 0. The summed E-state index contributed by atoms with van der Waals surface area (Å²) in [5, 5.41) is 6.59. The van der Waals surface area contributed by atoms with Crippen LogP contribution in [0.3, 0.4) is 0 Å². The topological polar surface area (TPSA) is 44.4 Å². The molecule has 0 spiro atoms. The smallest absolute Gasteiger partial charge is 0.317 e. The Bertz CT molecular complexity index is 252. The molecule has 1 rings (SSSR count). The summed E-state index contributed by atoms with van der Waals surface area (Å²) in [4.78, 5) is 13.8. The molecule has 18 heavy (non-hydrogen) atoms. The second kappa shape index (κ2) is 6.98. The van der Waals surface area contributed by atoms with Crippen LogP contribution in [0.4, 0.5) is 4.79 Å². The Morgan fingerprint density at radius 1 is 1.28 bits per heavy atom. The minimum atomic E-state index is 0.109. The second-order valence-corrected chi connectivity index (χ2v) is 6.24. The molecule has 1 aliphatic heterocycles. The van der Waals surface area contributed by atoms with E-state index in [4.69, 9.17) is 0 Å². The van der Waals surface area contributed by atoms with Crippen molar-refractivity contribution in [1.82, 2.24) is 15.5 Å². The predicted molar refractivity (Wildman–Crippen MR) is 75.8 cm³/mol. The fourth-order valence-corrected chi connectivity index (χ4v) is 2.32. The van der Waals surface area contributed by atoms with Crippen LogP contribution < -0.4 is 10.6 Å². The number of hydrogen-bond acceptors (Lipinski definition) is 2. The Morgan fingerprint density at radius 2 is 1.89 bits per heavy atom. The van der Waals surface area contributed by atoms with Crippen LogP contribution in [0.25, 0.3) is 0 Å². The number of nitrogens with one attached hydrogen (secondary N) is 2. The molecule has 0 unspecified atom stereocenters. The maximum atomic E-state index is 11.9. The summed E-state index contributed by atoms with van der Waals surface area (Å²) in [6.07, 6.45) is 4.29. The lowest BCUT2D eigenvalue weighted by atomic mass is 10.0. The van der Waals surface area contributed by atoms with E-state index >= 15 is 0 Å². The average Bonchev–Trinajstić information content (AvgIpc) is 2.28. The lowest BCUT2D eigenvalue weighted by Crippen LogP contribution is -2.52. The van der Waals surface area contributed by atoms with Crippen molar-refractivity contribution < 1.29 is 4.79 Å². The molecule has 0 saturated carbocycles. The number of rotatable bonds is 4. The molecular weight excluding hydrogens is 226 g/mol.